The minimum Gasteiger partial charge on any atom is -0.497 e. The Morgan fingerprint density at radius 2 is 1.43 bits per heavy atom. The summed E-state index contributed by atoms with van der Waals surface area (Å²) in [6, 6.07) is 31.3. The molecule has 7 rings (SSSR count). The third-order valence-electron chi connectivity index (χ3n) is 10.6. The van der Waals surface area contributed by atoms with E-state index in [0.717, 1.165) is 96.9 Å². The van der Waals surface area contributed by atoms with E-state index in [0.29, 0.717) is 42.9 Å². The lowest BCUT2D eigenvalue weighted by Gasteiger charge is -2.19. The lowest BCUT2D eigenvalue weighted by atomic mass is 9.89. The molecule has 0 unspecified atom stereocenters. The maximum atomic E-state index is 13.9. The highest BCUT2D eigenvalue weighted by Crippen LogP contribution is 2.43. The number of anilines is 1. The number of aryl methyl sites for hydroxylation is 2. The quantitative estimate of drug-likeness (QED) is 0.0583. The molecule has 0 atom stereocenters. The van der Waals surface area contributed by atoms with Crippen LogP contribution >= 0.6 is 0 Å². The van der Waals surface area contributed by atoms with E-state index in [4.69, 9.17) is 18.4 Å². The predicted molar refractivity (Wildman–Crippen MR) is 235 cm³/mol. The first kappa shape index (κ1) is 41.3. The third-order valence-corrected chi connectivity index (χ3v) is 10.6. The van der Waals surface area contributed by atoms with E-state index in [9.17, 15) is 9.59 Å². The molecule has 11 nitrogen and oxygen atoms in total. The van der Waals surface area contributed by atoms with Gasteiger partial charge in [-0.2, -0.15) is 0 Å². The maximum Gasteiger partial charge on any atom is 0.251 e. The molecule has 308 valence electrons. The van der Waals surface area contributed by atoms with E-state index in [1.165, 1.54) is 0 Å². The highest BCUT2D eigenvalue weighted by atomic mass is 16.5. The average molecular weight is 807 g/mol. The van der Waals surface area contributed by atoms with E-state index in [-0.39, 0.29) is 18.2 Å². The molecule has 0 bridgehead atoms. The summed E-state index contributed by atoms with van der Waals surface area (Å²) in [6.45, 7) is 10.8. The molecule has 4 N–H and O–H groups in total. The summed E-state index contributed by atoms with van der Waals surface area (Å²) in [5.74, 6) is 2.30. The number of rotatable bonds is 16. The number of ether oxygens (including phenoxy) is 2. The second kappa shape index (κ2) is 18.8. The molecule has 2 aliphatic rings. The number of benzene rings is 5. The molecule has 5 aromatic rings. The molecule has 0 saturated heterocycles. The minimum atomic E-state index is -0.185. The SMILES string of the molecule is CCNc1cc2oc3cc(=[NH+]CC)c(C)cc-3c(-c3ccccc3C(=O)NCCCCNC(=O)Cc3onc(-c4ccc(OC)cc4)c3-c3ccc(OC)cc3)c2cc1C. The number of carbonyl (C=O) groups excluding carboxylic acids is 2. The van der Waals surface area contributed by atoms with Crippen LogP contribution in [-0.2, 0) is 11.2 Å². The zero-order valence-corrected chi connectivity index (χ0v) is 35.1. The zero-order chi connectivity index (χ0) is 42.2. The molecule has 11 heteroatoms. The normalized spacial score (nSPS) is 11.5. The van der Waals surface area contributed by atoms with Gasteiger partial charge >= 0.3 is 0 Å². The summed E-state index contributed by atoms with van der Waals surface area (Å²) in [5, 5.41) is 15.9. The number of fused-ring (bicyclic) bond motifs is 2. The summed E-state index contributed by atoms with van der Waals surface area (Å²) in [7, 11) is 3.24. The molecule has 0 saturated carbocycles. The van der Waals surface area contributed by atoms with E-state index in [1.54, 1.807) is 14.2 Å². The fourth-order valence-corrected chi connectivity index (χ4v) is 7.58. The van der Waals surface area contributed by atoms with Crippen molar-refractivity contribution in [2.45, 2.75) is 47.0 Å². The van der Waals surface area contributed by atoms with Gasteiger partial charge < -0.3 is 34.4 Å². The summed E-state index contributed by atoms with van der Waals surface area (Å²) in [6.07, 6.45) is 1.35. The monoisotopic (exact) mass is 806 g/mol. The van der Waals surface area contributed by atoms with Gasteiger partial charge in [0.1, 0.15) is 35.1 Å². The fourth-order valence-electron chi connectivity index (χ4n) is 7.58. The first-order valence-electron chi connectivity index (χ1n) is 20.5. The van der Waals surface area contributed by atoms with Gasteiger partial charge in [0, 0.05) is 64.6 Å². The van der Waals surface area contributed by atoms with Gasteiger partial charge in [0.25, 0.3) is 5.91 Å². The first-order valence-corrected chi connectivity index (χ1v) is 20.5. The number of methoxy groups -OCH3 is 2. The average Bonchev–Trinajstić information content (AvgIpc) is 3.68. The van der Waals surface area contributed by atoms with Crippen LogP contribution in [0.25, 0.3) is 55.8 Å². The molecule has 4 aromatic carbocycles. The predicted octanol–water partition coefficient (Wildman–Crippen LogP) is 7.46. The number of nitrogens with one attached hydrogen (secondary N) is 4. The second-order valence-corrected chi connectivity index (χ2v) is 14.7. The van der Waals surface area contributed by atoms with Gasteiger partial charge in [-0.1, -0.05) is 35.5 Å². The summed E-state index contributed by atoms with van der Waals surface area (Å²) >= 11 is 0. The Bertz CT molecular complexity index is 2660. The lowest BCUT2D eigenvalue weighted by Crippen LogP contribution is -2.76. The van der Waals surface area contributed by atoms with Crippen LogP contribution in [0.1, 0.15) is 53.9 Å². The van der Waals surface area contributed by atoms with Gasteiger partial charge in [0.2, 0.25) is 11.3 Å². The highest BCUT2D eigenvalue weighted by Gasteiger charge is 2.24. The van der Waals surface area contributed by atoms with Crippen molar-refractivity contribution in [1.29, 1.82) is 0 Å². The summed E-state index contributed by atoms with van der Waals surface area (Å²) in [5.41, 5.74) is 10.3. The maximum absolute atomic E-state index is 13.9. The number of hydrogen-bond acceptors (Lipinski definition) is 8. The highest BCUT2D eigenvalue weighted by molar-refractivity contribution is 6.09. The Hall–Kier alpha value is -6.88. The Morgan fingerprint density at radius 1 is 0.750 bits per heavy atom. The van der Waals surface area contributed by atoms with E-state index in [1.807, 2.05) is 72.8 Å². The molecular weight excluding hydrogens is 755 g/mol. The number of unbranched alkanes of at least 4 members (excludes halogenated alkanes) is 1. The van der Waals surface area contributed by atoms with Crippen LogP contribution in [-0.4, -0.2) is 57.4 Å². The van der Waals surface area contributed by atoms with Crippen LogP contribution in [0.5, 0.6) is 11.5 Å². The standard InChI is InChI=1S/C49H51N5O6/c1-7-50-40-27-42-38(25-30(40)3)47(39-26-31(4)41(51-8-2)28-43(39)59-42)36-13-9-10-14-37(36)49(56)53-24-12-11-23-52-45(55)29-44-46(32-15-19-34(57-5)20-16-32)48(54-60-44)33-17-21-35(58-6)22-18-33/h9-10,13-22,25-28,50H,7-8,11-12,23-24,29H2,1-6H3,(H,52,55)(H,53,56)/p+1. The molecular formula is C49H52N5O6+. The van der Waals surface area contributed by atoms with Crippen molar-refractivity contribution in [3.8, 4) is 56.3 Å². The van der Waals surface area contributed by atoms with Crippen molar-refractivity contribution in [2.24, 2.45) is 0 Å². The fraction of sp³-hybridized carbons (Fsp3) is 0.265. The van der Waals surface area contributed by atoms with Crippen LogP contribution in [0.4, 0.5) is 5.69 Å². The minimum absolute atomic E-state index is 0.0140. The van der Waals surface area contributed by atoms with Crippen molar-refractivity contribution in [3.63, 3.8) is 0 Å². The number of hydrogen-bond donors (Lipinski definition) is 4. The first-order chi connectivity index (χ1) is 29.2. The van der Waals surface area contributed by atoms with Crippen molar-refractivity contribution >= 4 is 28.5 Å². The van der Waals surface area contributed by atoms with Gasteiger partial charge in [-0.3, -0.25) is 9.59 Å². The molecule has 2 amide bonds. The summed E-state index contributed by atoms with van der Waals surface area (Å²) in [4.78, 5) is 30.6. The molecule has 0 spiro atoms. The van der Waals surface area contributed by atoms with Gasteiger partial charge in [0.15, 0.2) is 5.76 Å². The zero-order valence-electron chi connectivity index (χ0n) is 35.1. The van der Waals surface area contributed by atoms with Crippen molar-refractivity contribution in [1.82, 2.24) is 15.8 Å². The van der Waals surface area contributed by atoms with Crippen molar-refractivity contribution < 1.29 is 33.0 Å². The van der Waals surface area contributed by atoms with Crippen LogP contribution in [0, 0.1) is 13.8 Å². The number of amides is 2. The summed E-state index contributed by atoms with van der Waals surface area (Å²) < 4.78 is 23.1. The topological polar surface area (TPSA) is 142 Å². The number of aromatic nitrogens is 1. The number of carbonyl (C=O) groups is 2. The van der Waals surface area contributed by atoms with Crippen LogP contribution in [0.3, 0.4) is 0 Å². The molecule has 0 radical (unpaired) electrons. The van der Waals surface area contributed by atoms with Gasteiger partial charge in [0.05, 0.1) is 32.3 Å². The Labute approximate surface area is 350 Å². The molecule has 1 aromatic heterocycles. The molecule has 1 aliphatic carbocycles. The lowest BCUT2D eigenvalue weighted by molar-refractivity contribution is -0.496. The molecule has 60 heavy (non-hydrogen) atoms. The molecule has 0 fully saturated rings. The van der Waals surface area contributed by atoms with E-state index >= 15 is 0 Å². The van der Waals surface area contributed by atoms with Gasteiger partial charge in [-0.15, -0.1) is 0 Å². The smallest absolute Gasteiger partial charge is 0.251 e. The number of nitrogens with zero attached hydrogens (tertiary/aromatic N) is 1. The van der Waals surface area contributed by atoms with Gasteiger partial charge in [-0.05, 0) is 112 Å². The van der Waals surface area contributed by atoms with E-state index < -0.39 is 0 Å². The Morgan fingerprint density at radius 3 is 2.12 bits per heavy atom. The van der Waals surface area contributed by atoms with Crippen LogP contribution < -0.4 is 35.8 Å². The molecule has 1 aliphatic heterocycles. The van der Waals surface area contributed by atoms with E-state index in [2.05, 4.69) is 78.1 Å². The van der Waals surface area contributed by atoms with Crippen LogP contribution in [0.15, 0.2) is 106 Å². The second-order valence-electron chi connectivity index (χ2n) is 14.7. The van der Waals surface area contributed by atoms with Crippen molar-refractivity contribution in [2.75, 3.05) is 45.7 Å². The Kier molecular flexibility index (Phi) is 12.9. The Balaban J connectivity index is 1.03. The molecule has 2 heterocycles. The van der Waals surface area contributed by atoms with Crippen LogP contribution in [0.2, 0.25) is 0 Å². The third kappa shape index (κ3) is 8.90. The largest absolute Gasteiger partial charge is 0.497 e. The van der Waals surface area contributed by atoms with Gasteiger partial charge in [-0.25, -0.2) is 4.99 Å². The van der Waals surface area contributed by atoms with Crippen molar-refractivity contribution in [3.05, 3.63) is 125 Å².